The minimum absolute atomic E-state index is 0.292. The SMILES string of the molecule is CCCCc1cc(C)cc(CCCC)c1P(=O)(O)O.c1ccc(OP(Oc2ccccc2)Oc2ccccc2)cc1. The Balaban J connectivity index is 0.000000229. The van der Waals surface area contributed by atoms with Gasteiger partial charge >= 0.3 is 16.2 Å². The van der Waals surface area contributed by atoms with Gasteiger partial charge in [-0.05, 0) is 80.1 Å². The van der Waals surface area contributed by atoms with Crippen molar-refractivity contribution in [3.63, 3.8) is 0 Å². The average molecular weight is 595 g/mol. The van der Waals surface area contributed by atoms with Crippen molar-refractivity contribution in [3.8, 4) is 17.2 Å². The van der Waals surface area contributed by atoms with E-state index in [2.05, 4.69) is 13.8 Å². The summed E-state index contributed by atoms with van der Waals surface area (Å²) in [6, 6.07) is 32.4. The van der Waals surface area contributed by atoms with Crippen LogP contribution in [-0.2, 0) is 17.4 Å². The van der Waals surface area contributed by atoms with Gasteiger partial charge in [0.2, 0.25) is 0 Å². The predicted molar refractivity (Wildman–Crippen MR) is 168 cm³/mol. The summed E-state index contributed by atoms with van der Waals surface area (Å²) in [7, 11) is -5.78. The molecule has 0 spiro atoms. The minimum Gasteiger partial charge on any atom is -0.409 e. The van der Waals surface area contributed by atoms with Crippen molar-refractivity contribution in [1.29, 1.82) is 0 Å². The maximum Gasteiger partial charge on any atom is 0.530 e. The molecule has 0 heterocycles. The Hall–Kier alpha value is -3.14. The molecule has 6 nitrogen and oxygen atoms in total. The van der Waals surface area contributed by atoms with Crippen LogP contribution in [0.4, 0.5) is 0 Å². The second-order valence-corrected chi connectivity index (χ2v) is 12.1. The van der Waals surface area contributed by atoms with E-state index in [-0.39, 0.29) is 0 Å². The standard InChI is InChI=1S/C18H15O3P.C15H25O3P/c1-4-10-16(11-5-1)19-22(20-17-12-6-2-7-13-17)21-18-14-8-3-9-15-18;1-4-6-8-13-10-12(3)11-14(9-7-5-2)15(13)19(16,17)18/h1-15H;10-11H,4-9H2,1-3H3,(H2,16,17,18). The van der Waals surface area contributed by atoms with E-state index in [4.69, 9.17) is 13.6 Å². The van der Waals surface area contributed by atoms with Gasteiger partial charge in [-0.15, -0.1) is 0 Å². The van der Waals surface area contributed by atoms with E-state index in [1.54, 1.807) is 0 Å². The summed E-state index contributed by atoms with van der Waals surface area (Å²) < 4.78 is 29.3. The first-order chi connectivity index (χ1) is 19.8. The van der Waals surface area contributed by atoms with E-state index >= 15 is 0 Å². The Morgan fingerprint density at radius 3 is 1.27 bits per heavy atom. The molecule has 0 saturated carbocycles. The molecule has 4 rings (SSSR count). The quantitative estimate of drug-likeness (QED) is 0.150. The lowest BCUT2D eigenvalue weighted by Crippen LogP contribution is -2.17. The van der Waals surface area contributed by atoms with Crippen molar-refractivity contribution in [1.82, 2.24) is 0 Å². The van der Waals surface area contributed by atoms with Gasteiger partial charge in [-0.2, -0.15) is 0 Å². The highest BCUT2D eigenvalue weighted by molar-refractivity contribution is 7.60. The zero-order chi connectivity index (χ0) is 29.5. The highest BCUT2D eigenvalue weighted by Crippen LogP contribution is 2.42. The van der Waals surface area contributed by atoms with Crippen molar-refractivity contribution < 1.29 is 27.9 Å². The van der Waals surface area contributed by atoms with E-state index in [0.717, 1.165) is 55.2 Å². The third kappa shape index (κ3) is 11.3. The number of hydrogen-bond donors (Lipinski definition) is 2. The molecular weight excluding hydrogens is 554 g/mol. The van der Waals surface area contributed by atoms with Crippen LogP contribution in [-0.4, -0.2) is 9.79 Å². The number of hydrogen-bond acceptors (Lipinski definition) is 4. The molecule has 0 aliphatic carbocycles. The molecule has 4 aromatic carbocycles. The van der Waals surface area contributed by atoms with E-state index in [1.807, 2.05) is 110 Å². The predicted octanol–water partition coefficient (Wildman–Crippen LogP) is 8.93. The van der Waals surface area contributed by atoms with Crippen molar-refractivity contribution in [2.45, 2.75) is 59.3 Å². The molecule has 41 heavy (non-hydrogen) atoms. The molecule has 0 atom stereocenters. The highest BCUT2D eigenvalue weighted by Gasteiger charge is 2.25. The van der Waals surface area contributed by atoms with Gasteiger partial charge in [-0.25, -0.2) is 0 Å². The van der Waals surface area contributed by atoms with Gasteiger partial charge in [0.1, 0.15) is 17.2 Å². The topological polar surface area (TPSA) is 85.2 Å². The summed E-state index contributed by atoms with van der Waals surface area (Å²) in [6.07, 6.45) is 5.47. The monoisotopic (exact) mass is 594 g/mol. The third-order valence-corrected chi connectivity index (χ3v) is 8.31. The summed E-state index contributed by atoms with van der Waals surface area (Å²) in [6.45, 7) is 6.17. The fourth-order valence-corrected chi connectivity index (χ4v) is 6.28. The fraction of sp³-hybridized carbons (Fsp3) is 0.273. The first kappa shape index (κ1) is 32.4. The molecule has 0 unspecified atom stereocenters. The van der Waals surface area contributed by atoms with Crippen molar-refractivity contribution in [2.24, 2.45) is 0 Å². The minimum atomic E-state index is -4.19. The molecule has 0 radical (unpaired) electrons. The lowest BCUT2D eigenvalue weighted by atomic mass is 9.99. The highest BCUT2D eigenvalue weighted by atomic mass is 31.2. The lowest BCUT2D eigenvalue weighted by Gasteiger charge is -2.17. The van der Waals surface area contributed by atoms with Crippen LogP contribution >= 0.6 is 16.2 Å². The second kappa shape index (κ2) is 17.0. The first-order valence-electron chi connectivity index (χ1n) is 14.0. The molecule has 4 aromatic rings. The molecule has 0 bridgehead atoms. The Kier molecular flexibility index (Phi) is 13.4. The Morgan fingerprint density at radius 1 is 0.634 bits per heavy atom. The number of rotatable bonds is 13. The van der Waals surface area contributed by atoms with Gasteiger partial charge in [0.25, 0.3) is 0 Å². The Bertz CT molecular complexity index is 1220. The second-order valence-electron chi connectivity index (χ2n) is 9.62. The third-order valence-electron chi connectivity index (χ3n) is 6.07. The van der Waals surface area contributed by atoms with Crippen LogP contribution in [0.1, 0.15) is 56.2 Å². The van der Waals surface area contributed by atoms with E-state index in [0.29, 0.717) is 22.6 Å². The van der Waals surface area contributed by atoms with E-state index < -0.39 is 16.2 Å². The van der Waals surface area contributed by atoms with Gasteiger partial charge in [-0.1, -0.05) is 99.0 Å². The van der Waals surface area contributed by atoms with Gasteiger partial charge in [-0.3, -0.25) is 4.57 Å². The molecule has 2 N–H and O–H groups in total. The molecule has 0 saturated heterocycles. The lowest BCUT2D eigenvalue weighted by molar-refractivity contribution is 0.385. The molecule has 0 fully saturated rings. The maximum absolute atomic E-state index is 11.8. The van der Waals surface area contributed by atoms with Crippen LogP contribution in [0.3, 0.4) is 0 Å². The largest absolute Gasteiger partial charge is 0.530 e. The Labute approximate surface area is 245 Å². The summed E-state index contributed by atoms with van der Waals surface area (Å²) in [4.78, 5) is 19.3. The molecule has 218 valence electrons. The summed E-state index contributed by atoms with van der Waals surface area (Å²) >= 11 is 0. The fourth-order valence-electron chi connectivity index (χ4n) is 4.18. The van der Waals surface area contributed by atoms with Crippen LogP contribution in [0.5, 0.6) is 17.2 Å². The van der Waals surface area contributed by atoms with Crippen LogP contribution < -0.4 is 18.9 Å². The number of para-hydroxylation sites is 3. The van der Waals surface area contributed by atoms with Crippen molar-refractivity contribution >= 4 is 21.5 Å². The van der Waals surface area contributed by atoms with Crippen molar-refractivity contribution in [2.75, 3.05) is 0 Å². The summed E-state index contributed by atoms with van der Waals surface area (Å²) in [5, 5.41) is 0.292. The van der Waals surface area contributed by atoms with Gasteiger partial charge in [0.15, 0.2) is 0 Å². The zero-order valence-corrected chi connectivity index (χ0v) is 25.8. The molecule has 0 aliphatic rings. The number of aryl methyl sites for hydroxylation is 3. The normalized spacial score (nSPS) is 11.0. The van der Waals surface area contributed by atoms with E-state index in [9.17, 15) is 14.4 Å². The molecular formula is C33H40O6P2. The number of benzene rings is 4. The molecule has 0 aromatic heterocycles. The first-order valence-corrected chi connectivity index (χ1v) is 16.7. The van der Waals surface area contributed by atoms with E-state index in [1.165, 1.54) is 0 Å². The van der Waals surface area contributed by atoms with Crippen LogP contribution in [0, 0.1) is 6.92 Å². The molecule has 0 amide bonds. The Morgan fingerprint density at radius 2 is 0.976 bits per heavy atom. The molecule has 8 heteroatoms. The summed E-state index contributed by atoms with van der Waals surface area (Å²) in [5.74, 6) is 2.13. The zero-order valence-electron chi connectivity index (χ0n) is 24.0. The molecule has 0 aliphatic heterocycles. The van der Waals surface area contributed by atoms with Gasteiger partial charge in [0.05, 0.1) is 5.30 Å². The van der Waals surface area contributed by atoms with Crippen LogP contribution in [0.25, 0.3) is 0 Å². The van der Waals surface area contributed by atoms with Crippen LogP contribution in [0.15, 0.2) is 103 Å². The maximum atomic E-state index is 11.8. The van der Waals surface area contributed by atoms with Gasteiger partial charge < -0.3 is 23.4 Å². The average Bonchev–Trinajstić information content (AvgIpc) is 2.96. The van der Waals surface area contributed by atoms with Crippen LogP contribution in [0.2, 0.25) is 0 Å². The smallest absolute Gasteiger partial charge is 0.409 e. The van der Waals surface area contributed by atoms with Crippen molar-refractivity contribution in [3.05, 3.63) is 120 Å². The number of unbranched alkanes of at least 4 members (excludes halogenated alkanes) is 2. The summed E-state index contributed by atoms with van der Waals surface area (Å²) in [5.41, 5.74) is 2.76. The van der Waals surface area contributed by atoms with Gasteiger partial charge in [0, 0.05) is 0 Å².